The molecule has 0 unspecified atom stereocenters. The van der Waals surface area contributed by atoms with Gasteiger partial charge in [0.25, 0.3) is 0 Å². The molecule has 0 atom stereocenters. The molecule has 1 radical (unpaired) electrons. The number of hydrogen-bond donors (Lipinski definition) is 0. The van der Waals surface area contributed by atoms with Crippen LogP contribution in [0, 0.1) is 17.8 Å². The first-order valence-electron chi connectivity index (χ1n) is 8.26. The third-order valence-electron chi connectivity index (χ3n) is 5.30. The first kappa shape index (κ1) is 14.8. The summed E-state index contributed by atoms with van der Waals surface area (Å²) < 4.78 is 5.49. The Labute approximate surface area is 119 Å². The van der Waals surface area contributed by atoms with Gasteiger partial charge in [-0.15, -0.1) is 0 Å². The zero-order chi connectivity index (χ0) is 12.6. The maximum Gasteiger partial charge on any atom is 0.177 e. The smallest absolute Gasteiger partial charge is 0.177 e. The average molecular weight is 284 g/mol. The summed E-state index contributed by atoms with van der Waals surface area (Å²) in [6, 6.07) is 1.40. The zero-order valence-corrected chi connectivity index (χ0v) is 15.4. The van der Waals surface area contributed by atoms with Crippen LogP contribution in [0.1, 0.15) is 70.6 Å². The summed E-state index contributed by atoms with van der Waals surface area (Å²) >= 11 is 0. The second-order valence-electron chi connectivity index (χ2n) is 6.44. The van der Waals surface area contributed by atoms with Gasteiger partial charge >= 0.3 is 0 Å². The minimum Gasteiger partial charge on any atom is -0.466 e. The second-order valence-corrected chi connectivity index (χ2v) is 9.24. The van der Waals surface area contributed by atoms with E-state index < -0.39 is 0 Å². The summed E-state index contributed by atoms with van der Waals surface area (Å²) in [4.78, 5) is 0. The molecule has 2 fully saturated rings. The molecule has 0 aromatic rings. The monoisotopic (exact) mass is 283 g/mol. The standard InChI is InChI=1S/C15H31OSi2/c17-16-18-12-11-15(13-7-3-1-4-8-13)14-9-5-2-6-10-14/h13-15,18H,1-12H2,17H3. The molecule has 0 saturated heterocycles. The Balaban J connectivity index is 1.87. The minimum absolute atomic E-state index is 0.334. The topological polar surface area (TPSA) is 9.23 Å². The van der Waals surface area contributed by atoms with Crippen LogP contribution in [-0.4, -0.2) is 20.2 Å². The molecule has 0 aromatic carbocycles. The first-order valence-corrected chi connectivity index (χ1v) is 10.4. The molecule has 0 aromatic heterocycles. The van der Waals surface area contributed by atoms with Gasteiger partial charge in [-0.05, 0) is 23.8 Å². The van der Waals surface area contributed by atoms with Crippen LogP contribution in [0.25, 0.3) is 0 Å². The fourth-order valence-corrected chi connectivity index (χ4v) is 5.82. The maximum absolute atomic E-state index is 5.49. The van der Waals surface area contributed by atoms with E-state index in [0.717, 1.165) is 28.2 Å². The van der Waals surface area contributed by atoms with Crippen LogP contribution in [0.3, 0.4) is 0 Å². The summed E-state index contributed by atoms with van der Waals surface area (Å²) in [5, 5.41) is 0. The lowest BCUT2D eigenvalue weighted by molar-refractivity contribution is 0.139. The second kappa shape index (κ2) is 8.54. The van der Waals surface area contributed by atoms with Crippen molar-refractivity contribution in [3.05, 3.63) is 0 Å². The number of rotatable bonds is 6. The fourth-order valence-electron chi connectivity index (χ4n) is 4.36. The van der Waals surface area contributed by atoms with Crippen LogP contribution in [0.5, 0.6) is 0 Å². The molecule has 2 saturated carbocycles. The van der Waals surface area contributed by atoms with E-state index in [1.165, 1.54) is 76.7 Å². The van der Waals surface area contributed by atoms with Gasteiger partial charge in [0, 0.05) is 0 Å². The Kier molecular flexibility index (Phi) is 7.02. The van der Waals surface area contributed by atoms with Gasteiger partial charge in [0.2, 0.25) is 0 Å². The molecule has 0 spiro atoms. The van der Waals surface area contributed by atoms with Crippen molar-refractivity contribution in [2.45, 2.75) is 76.7 Å². The predicted molar refractivity (Wildman–Crippen MR) is 84.2 cm³/mol. The average Bonchev–Trinajstić information content (AvgIpc) is 2.46. The third kappa shape index (κ3) is 4.50. The van der Waals surface area contributed by atoms with Crippen molar-refractivity contribution in [1.29, 1.82) is 0 Å². The Morgan fingerprint density at radius 1 is 0.889 bits per heavy atom. The van der Waals surface area contributed by atoms with Crippen LogP contribution in [0.4, 0.5) is 0 Å². The van der Waals surface area contributed by atoms with Crippen LogP contribution in [0.15, 0.2) is 0 Å². The van der Waals surface area contributed by atoms with E-state index in [4.69, 9.17) is 4.12 Å². The molecule has 3 heteroatoms. The minimum atomic E-state index is 0.334. The molecule has 18 heavy (non-hydrogen) atoms. The highest BCUT2D eigenvalue weighted by atomic mass is 28.3. The molecule has 0 aliphatic heterocycles. The molecule has 2 aliphatic carbocycles. The van der Waals surface area contributed by atoms with E-state index in [1.807, 2.05) is 0 Å². The van der Waals surface area contributed by atoms with Crippen molar-refractivity contribution < 1.29 is 4.12 Å². The lowest BCUT2D eigenvalue weighted by Gasteiger charge is -2.38. The van der Waals surface area contributed by atoms with E-state index in [0.29, 0.717) is 9.76 Å². The van der Waals surface area contributed by atoms with Gasteiger partial charge in [-0.1, -0.05) is 70.6 Å². The lowest BCUT2D eigenvalue weighted by Crippen LogP contribution is -2.27. The molecule has 0 N–H and O–H groups in total. The largest absolute Gasteiger partial charge is 0.466 e. The molecule has 2 aliphatic rings. The van der Waals surface area contributed by atoms with Gasteiger partial charge in [0.05, 0.1) is 0 Å². The van der Waals surface area contributed by atoms with Gasteiger partial charge in [-0.25, -0.2) is 0 Å². The quantitative estimate of drug-likeness (QED) is 0.537. The van der Waals surface area contributed by atoms with Crippen molar-refractivity contribution >= 4 is 20.2 Å². The van der Waals surface area contributed by atoms with Crippen LogP contribution >= 0.6 is 0 Å². The van der Waals surface area contributed by atoms with E-state index in [1.54, 1.807) is 0 Å². The van der Waals surface area contributed by atoms with Crippen molar-refractivity contribution in [1.82, 2.24) is 0 Å². The molecule has 0 amide bonds. The Morgan fingerprint density at radius 2 is 1.39 bits per heavy atom. The molecular formula is C15H31OSi2. The van der Waals surface area contributed by atoms with Gasteiger partial charge in [0.1, 0.15) is 10.5 Å². The fraction of sp³-hybridized carbons (Fsp3) is 1.00. The summed E-state index contributed by atoms with van der Waals surface area (Å²) in [6.07, 6.45) is 16.7. The predicted octanol–water partition coefficient (Wildman–Crippen LogP) is 3.22. The molecule has 0 bridgehead atoms. The molecule has 2 rings (SSSR count). The van der Waals surface area contributed by atoms with E-state index in [9.17, 15) is 0 Å². The highest BCUT2D eigenvalue weighted by Crippen LogP contribution is 2.42. The summed E-state index contributed by atoms with van der Waals surface area (Å²) in [6.45, 7) is 0. The van der Waals surface area contributed by atoms with Crippen LogP contribution in [-0.2, 0) is 4.12 Å². The Hall–Kier alpha value is 0.394. The van der Waals surface area contributed by atoms with Crippen molar-refractivity contribution in [2.24, 2.45) is 17.8 Å². The maximum atomic E-state index is 5.49. The van der Waals surface area contributed by atoms with E-state index in [2.05, 4.69) is 0 Å². The van der Waals surface area contributed by atoms with Gasteiger partial charge in [-0.3, -0.25) is 0 Å². The Bertz CT molecular complexity index is 193. The molecule has 0 heterocycles. The lowest BCUT2D eigenvalue weighted by atomic mass is 9.68. The van der Waals surface area contributed by atoms with E-state index >= 15 is 0 Å². The molecular weight excluding hydrogens is 252 g/mol. The summed E-state index contributed by atoms with van der Waals surface area (Å²) in [5.74, 6) is 3.22. The highest BCUT2D eigenvalue weighted by Gasteiger charge is 2.30. The summed E-state index contributed by atoms with van der Waals surface area (Å²) in [5.41, 5.74) is 0. The van der Waals surface area contributed by atoms with Crippen molar-refractivity contribution in [3.8, 4) is 0 Å². The van der Waals surface area contributed by atoms with E-state index in [-0.39, 0.29) is 0 Å². The number of hydrogen-bond acceptors (Lipinski definition) is 1. The SMILES string of the molecule is [SiH3]O[SiH]CCC(C1CCCCC1)C1CCCCC1. The van der Waals surface area contributed by atoms with Crippen molar-refractivity contribution in [3.63, 3.8) is 0 Å². The van der Waals surface area contributed by atoms with Gasteiger partial charge in [0.15, 0.2) is 9.76 Å². The van der Waals surface area contributed by atoms with Gasteiger partial charge < -0.3 is 4.12 Å². The summed E-state index contributed by atoms with van der Waals surface area (Å²) in [7, 11) is 1.29. The normalized spacial score (nSPS) is 23.8. The van der Waals surface area contributed by atoms with Crippen LogP contribution < -0.4 is 0 Å². The highest BCUT2D eigenvalue weighted by molar-refractivity contribution is 6.34. The van der Waals surface area contributed by atoms with Gasteiger partial charge in [-0.2, -0.15) is 0 Å². The molecule has 1 nitrogen and oxygen atoms in total. The van der Waals surface area contributed by atoms with Crippen LogP contribution in [0.2, 0.25) is 6.04 Å². The molecule has 105 valence electrons. The van der Waals surface area contributed by atoms with Crippen molar-refractivity contribution in [2.75, 3.05) is 0 Å². The Morgan fingerprint density at radius 3 is 1.83 bits per heavy atom. The third-order valence-corrected chi connectivity index (χ3v) is 7.20. The first-order chi connectivity index (χ1) is 8.92. The zero-order valence-electron chi connectivity index (χ0n) is 12.2.